The monoisotopic (exact) mass is 1370 g/mol. The molecule has 3 unspecified atom stereocenters. The Morgan fingerprint density at radius 1 is 0.377 bits per heavy atom. The third kappa shape index (κ3) is 7.40. The van der Waals surface area contributed by atoms with Crippen LogP contribution in [0.25, 0.3) is 93.6 Å². The van der Waals surface area contributed by atoms with Crippen LogP contribution in [-0.2, 0) is 16.2 Å². The zero-order chi connectivity index (χ0) is 69.3. The number of rotatable bonds is 6. The van der Waals surface area contributed by atoms with E-state index in [1.165, 1.54) is 131 Å². The first-order chi connectivity index (χ1) is 52.5. The molecular formula is C98H62N6OS. The summed E-state index contributed by atoms with van der Waals surface area (Å²) in [6, 6.07) is 125. The summed E-state index contributed by atoms with van der Waals surface area (Å²) in [5, 5.41) is 7.42. The Labute approximate surface area is 615 Å². The van der Waals surface area contributed by atoms with Crippen molar-refractivity contribution in [2.75, 3.05) is 9.80 Å². The molecule has 2 spiro atoms. The lowest BCUT2D eigenvalue weighted by Crippen LogP contribution is -2.43. The van der Waals surface area contributed by atoms with E-state index in [0.717, 1.165) is 68.1 Å². The standard InChI is InChI=1S/C98H62N6OS/c1-96-59-88-80(58-90(96)104(91-46-19-20-55-99-91)84-41-14-7-32-72(84)96)97(75-35-10-17-44-87(75)105-88)73-33-8-15-42-85(73)103-83-54-47-61(57-71(83)69-31-23-37-77(97)93(69)103)60-24-21-27-65(56-60)100(62-25-3-2-4-26-62)63-48-50-64(51-49-63)101-81-39-12-5-29-67(81)70-52-53-79-95(94(70)101)106-89-45-18-11-36-76(89)98(79)74-34-9-16-43-86(74)102-82-40-13-6-28-66(82)68-30-22-38-78(98)92(68)102/h2-58H,59H2,1H3. The van der Waals surface area contributed by atoms with E-state index in [9.17, 15) is 0 Å². The Balaban J connectivity index is 0.650. The Morgan fingerprint density at radius 3 is 1.69 bits per heavy atom. The summed E-state index contributed by atoms with van der Waals surface area (Å²) in [6.07, 6.45) is 5.07. The molecule has 6 aliphatic rings. The summed E-state index contributed by atoms with van der Waals surface area (Å²) in [5.41, 5.74) is 28.1. The quantitative estimate of drug-likeness (QED) is 0.166. The van der Waals surface area contributed by atoms with Crippen LogP contribution >= 0.6 is 11.8 Å². The second-order valence-corrected chi connectivity index (χ2v) is 30.5. The molecule has 5 aliphatic heterocycles. The van der Waals surface area contributed by atoms with Crippen molar-refractivity contribution < 1.29 is 4.74 Å². The number of fused-ring (bicyclic) bond motifs is 28. The number of aromatic nitrogens is 4. The van der Waals surface area contributed by atoms with Crippen molar-refractivity contribution >= 4 is 106 Å². The summed E-state index contributed by atoms with van der Waals surface area (Å²) in [7, 11) is 0. The molecule has 0 N–H and O–H groups in total. The molecule has 0 bridgehead atoms. The van der Waals surface area contributed by atoms with Crippen molar-refractivity contribution in [3.05, 3.63) is 407 Å². The first-order valence-electron chi connectivity index (χ1n) is 36.7. The second kappa shape index (κ2) is 21.3. The Kier molecular flexibility index (Phi) is 11.7. The SMILES string of the molecule is CC12CC3=C(C=C1N(c1ccccn1)c1ccccc12)C1(c2ccccc2O3)c2ccccc2-n2c3ccc(-c4cccc(N(c5ccccc5)c5ccc(-n6c7ccccc7c7ccc8c(c76)Sc6ccccc6C86c7ccccc7-n7c8ccccc8c8cccc6c87)cc5)c4)cc3c3cccc1c32. The van der Waals surface area contributed by atoms with E-state index in [0.29, 0.717) is 6.42 Å². The summed E-state index contributed by atoms with van der Waals surface area (Å²) in [4.78, 5) is 12.4. The molecule has 7 nitrogen and oxygen atoms in total. The molecule has 18 aromatic rings. The fraction of sp³-hybridized carbons (Fsp3) is 0.0510. The fourth-order valence-electron chi connectivity index (χ4n) is 20.2. The number of hydrogen-bond acceptors (Lipinski definition) is 5. The van der Waals surface area contributed by atoms with E-state index in [-0.39, 0.29) is 5.41 Å². The molecule has 0 saturated heterocycles. The summed E-state index contributed by atoms with van der Waals surface area (Å²) >= 11 is 1.92. The molecule has 8 heteroatoms. The van der Waals surface area contributed by atoms with Crippen molar-refractivity contribution in [3.63, 3.8) is 0 Å². The number of para-hydroxylation sites is 9. The van der Waals surface area contributed by atoms with Gasteiger partial charge in [-0.05, 0) is 178 Å². The molecule has 9 heterocycles. The number of anilines is 5. The van der Waals surface area contributed by atoms with E-state index in [2.05, 4.69) is 364 Å². The maximum absolute atomic E-state index is 7.31. The van der Waals surface area contributed by atoms with Gasteiger partial charge in [0.1, 0.15) is 17.3 Å². The van der Waals surface area contributed by atoms with Gasteiger partial charge < -0.3 is 23.3 Å². The molecule has 3 atom stereocenters. The van der Waals surface area contributed by atoms with E-state index in [1.54, 1.807) is 0 Å². The minimum absolute atomic E-state index is 0.382. The van der Waals surface area contributed by atoms with Gasteiger partial charge in [-0.2, -0.15) is 0 Å². The second-order valence-electron chi connectivity index (χ2n) is 29.4. The van der Waals surface area contributed by atoms with Gasteiger partial charge in [0.2, 0.25) is 0 Å². The molecule has 0 radical (unpaired) electrons. The van der Waals surface area contributed by atoms with Gasteiger partial charge >= 0.3 is 0 Å². The van der Waals surface area contributed by atoms with Crippen LogP contribution in [0.3, 0.4) is 0 Å². The first kappa shape index (κ1) is 58.4. The Hall–Kier alpha value is -13.1. The Bertz CT molecular complexity index is 6980. The molecule has 0 fully saturated rings. The molecule has 1 aliphatic carbocycles. The van der Waals surface area contributed by atoms with Gasteiger partial charge in [0.15, 0.2) is 0 Å². The van der Waals surface area contributed by atoms with Crippen LogP contribution < -0.4 is 14.5 Å². The number of ether oxygens (including phenoxy) is 1. The van der Waals surface area contributed by atoms with Crippen molar-refractivity contribution in [1.82, 2.24) is 18.7 Å². The minimum atomic E-state index is -0.735. The topological polar surface area (TPSA) is 43.4 Å². The lowest BCUT2D eigenvalue weighted by Gasteiger charge is -2.48. The van der Waals surface area contributed by atoms with Crippen molar-refractivity contribution in [2.24, 2.45) is 0 Å². The molecule has 0 saturated carbocycles. The summed E-state index contributed by atoms with van der Waals surface area (Å²) in [5.74, 6) is 2.79. The maximum atomic E-state index is 7.31. The molecule has 14 aromatic carbocycles. The molecule has 0 amide bonds. The molecule has 106 heavy (non-hydrogen) atoms. The zero-order valence-corrected chi connectivity index (χ0v) is 58.4. The van der Waals surface area contributed by atoms with Gasteiger partial charge in [-0.25, -0.2) is 4.98 Å². The largest absolute Gasteiger partial charge is 0.461 e. The highest BCUT2D eigenvalue weighted by Gasteiger charge is 2.57. The number of nitrogens with zero attached hydrogens (tertiary/aromatic N) is 6. The number of hydrogen-bond donors (Lipinski definition) is 0. The van der Waals surface area contributed by atoms with Crippen LogP contribution in [0.15, 0.2) is 373 Å². The predicted molar refractivity (Wildman–Crippen MR) is 432 cm³/mol. The van der Waals surface area contributed by atoms with Crippen LogP contribution in [0.4, 0.5) is 28.6 Å². The van der Waals surface area contributed by atoms with Crippen molar-refractivity contribution in [3.8, 4) is 33.9 Å². The molecule has 496 valence electrons. The lowest BCUT2D eigenvalue weighted by molar-refractivity contribution is 0.329. The number of pyridine rings is 1. The van der Waals surface area contributed by atoms with Gasteiger partial charge in [-0.3, -0.25) is 4.90 Å². The number of allylic oxidation sites excluding steroid dienone is 4. The van der Waals surface area contributed by atoms with Gasteiger partial charge in [-0.15, -0.1) is 0 Å². The van der Waals surface area contributed by atoms with E-state index in [4.69, 9.17) is 9.72 Å². The van der Waals surface area contributed by atoms with E-state index < -0.39 is 10.8 Å². The van der Waals surface area contributed by atoms with E-state index >= 15 is 0 Å². The smallest absolute Gasteiger partial charge is 0.137 e. The number of benzene rings is 14. The van der Waals surface area contributed by atoms with Gasteiger partial charge in [0.25, 0.3) is 0 Å². The highest BCUT2D eigenvalue weighted by molar-refractivity contribution is 7.99. The first-order valence-corrected chi connectivity index (χ1v) is 37.5. The van der Waals surface area contributed by atoms with Crippen molar-refractivity contribution in [2.45, 2.75) is 39.4 Å². The highest BCUT2D eigenvalue weighted by Crippen LogP contribution is 2.66. The predicted octanol–water partition coefficient (Wildman–Crippen LogP) is 24.4. The fourth-order valence-corrected chi connectivity index (χ4v) is 21.5. The van der Waals surface area contributed by atoms with Crippen LogP contribution in [0.5, 0.6) is 5.75 Å². The summed E-state index contributed by atoms with van der Waals surface area (Å²) < 4.78 is 14.9. The van der Waals surface area contributed by atoms with Crippen LogP contribution in [0.1, 0.15) is 57.9 Å². The van der Waals surface area contributed by atoms with Crippen LogP contribution in [0.2, 0.25) is 0 Å². The Morgan fingerprint density at radius 2 is 0.934 bits per heavy atom. The molecular weight excluding hydrogens is 1310 g/mol. The third-order valence-electron chi connectivity index (χ3n) is 24.4. The van der Waals surface area contributed by atoms with Gasteiger partial charge in [0.05, 0.1) is 61.0 Å². The van der Waals surface area contributed by atoms with Crippen LogP contribution in [0, 0.1) is 0 Å². The molecule has 4 aromatic heterocycles. The van der Waals surface area contributed by atoms with Gasteiger partial charge in [-0.1, -0.05) is 230 Å². The molecule has 24 rings (SSSR count). The van der Waals surface area contributed by atoms with Crippen LogP contribution in [-0.4, -0.2) is 18.7 Å². The third-order valence-corrected chi connectivity index (χ3v) is 25.5. The zero-order valence-electron chi connectivity index (χ0n) is 57.6. The normalized spacial score (nSPS) is 18.2. The lowest BCUT2D eigenvalue weighted by atomic mass is 9.58. The average molecular weight is 1370 g/mol. The summed E-state index contributed by atoms with van der Waals surface area (Å²) in [6.45, 7) is 2.39. The maximum Gasteiger partial charge on any atom is 0.137 e. The van der Waals surface area contributed by atoms with E-state index in [1.807, 2.05) is 24.0 Å². The minimum Gasteiger partial charge on any atom is -0.461 e. The van der Waals surface area contributed by atoms with Crippen molar-refractivity contribution in [1.29, 1.82) is 0 Å². The average Bonchev–Trinajstić information content (AvgIpc) is 1.32. The highest BCUT2D eigenvalue weighted by atomic mass is 32.2. The van der Waals surface area contributed by atoms with Gasteiger partial charge in [0, 0.05) is 99.7 Å².